The van der Waals surface area contributed by atoms with Crippen molar-refractivity contribution in [3.05, 3.63) is 59.7 Å². The summed E-state index contributed by atoms with van der Waals surface area (Å²) in [6.45, 7) is 2.49. The van der Waals surface area contributed by atoms with Gasteiger partial charge < -0.3 is 14.6 Å². The van der Waals surface area contributed by atoms with E-state index in [2.05, 4.69) is 20.3 Å². The minimum atomic E-state index is -4.43. The number of alkyl halides is 3. The summed E-state index contributed by atoms with van der Waals surface area (Å²) in [5, 5.41) is 3.22. The van der Waals surface area contributed by atoms with Crippen LogP contribution < -0.4 is 5.32 Å². The van der Waals surface area contributed by atoms with Crippen molar-refractivity contribution < 1.29 is 22.4 Å². The summed E-state index contributed by atoms with van der Waals surface area (Å²) < 4.78 is 43.7. The van der Waals surface area contributed by atoms with E-state index in [4.69, 9.17) is 4.42 Å². The number of hydrogen-bond donors (Lipinski definition) is 1. The van der Waals surface area contributed by atoms with Gasteiger partial charge in [-0.25, -0.2) is 9.97 Å². The molecule has 3 aromatic rings. The molecule has 7 nitrogen and oxygen atoms in total. The van der Waals surface area contributed by atoms with E-state index in [1.165, 1.54) is 18.5 Å². The van der Waals surface area contributed by atoms with Gasteiger partial charge in [0.15, 0.2) is 0 Å². The molecule has 0 radical (unpaired) electrons. The molecule has 1 amide bonds. The lowest BCUT2D eigenvalue weighted by molar-refractivity contribution is -0.137. The van der Waals surface area contributed by atoms with Crippen LogP contribution >= 0.6 is 0 Å². The number of likely N-dealkylation sites (tertiary alicyclic amines) is 1. The first-order valence-electron chi connectivity index (χ1n) is 10.3. The topological polar surface area (TPSA) is 84.2 Å². The second-order valence-corrected chi connectivity index (χ2v) is 8.29. The van der Waals surface area contributed by atoms with Crippen LogP contribution in [0.2, 0.25) is 0 Å². The SMILES string of the molecule is Cc1cnc(-c2ncco2)c(C(=O)N2CC3CC(Nc4ccc(C(F)(F)F)cn4)C2C3)c1. The van der Waals surface area contributed by atoms with Gasteiger partial charge in [0.1, 0.15) is 17.8 Å². The van der Waals surface area contributed by atoms with Gasteiger partial charge in [-0.15, -0.1) is 0 Å². The summed E-state index contributed by atoms with van der Waals surface area (Å²) in [5.74, 6) is 0.801. The summed E-state index contributed by atoms with van der Waals surface area (Å²) in [6, 6.07) is 3.93. The number of carbonyl (C=O) groups excluding carboxylic acids is 1. The molecular formula is C22H20F3N5O2. The molecule has 3 aromatic heterocycles. The van der Waals surface area contributed by atoms with Gasteiger partial charge in [-0.2, -0.15) is 13.2 Å². The van der Waals surface area contributed by atoms with E-state index in [-0.39, 0.29) is 23.9 Å². The highest BCUT2D eigenvalue weighted by atomic mass is 19.4. The van der Waals surface area contributed by atoms with Crippen LogP contribution in [0.3, 0.4) is 0 Å². The van der Waals surface area contributed by atoms with E-state index in [1.54, 1.807) is 12.3 Å². The summed E-state index contributed by atoms with van der Waals surface area (Å²) in [5.41, 5.74) is 0.865. The van der Waals surface area contributed by atoms with Crippen LogP contribution in [0.4, 0.5) is 19.0 Å². The van der Waals surface area contributed by atoms with Gasteiger partial charge in [0.25, 0.3) is 5.91 Å². The van der Waals surface area contributed by atoms with Crippen LogP contribution in [0.25, 0.3) is 11.6 Å². The van der Waals surface area contributed by atoms with Gasteiger partial charge in [0, 0.05) is 25.0 Å². The Morgan fingerprint density at radius 2 is 2.03 bits per heavy atom. The van der Waals surface area contributed by atoms with Gasteiger partial charge in [-0.1, -0.05) is 0 Å². The Kier molecular flexibility index (Phi) is 4.87. The molecule has 2 bridgehead atoms. The normalized spacial score (nSPS) is 22.4. The van der Waals surface area contributed by atoms with Gasteiger partial charge in [0.05, 0.1) is 23.4 Å². The quantitative estimate of drug-likeness (QED) is 0.652. The molecule has 2 aliphatic rings. The average Bonchev–Trinajstić information content (AvgIpc) is 3.50. The van der Waals surface area contributed by atoms with Gasteiger partial charge in [-0.05, 0) is 49.4 Å². The number of oxazole rings is 1. The molecule has 166 valence electrons. The summed E-state index contributed by atoms with van der Waals surface area (Å²) >= 11 is 0. The predicted molar refractivity (Wildman–Crippen MR) is 109 cm³/mol. The number of aromatic nitrogens is 3. The minimum Gasteiger partial charge on any atom is -0.443 e. The first-order valence-corrected chi connectivity index (χ1v) is 10.3. The number of anilines is 1. The van der Waals surface area contributed by atoms with Crippen molar-refractivity contribution in [2.24, 2.45) is 5.92 Å². The molecule has 1 aliphatic carbocycles. The fourth-order valence-electron chi connectivity index (χ4n) is 4.65. The standard InChI is InChI=1S/C22H20F3N5O2/c1-12-6-15(19(28-9-12)20-26-4-5-32-20)21(31)30-11-13-7-16(17(30)8-13)29-18-3-2-14(10-27-18)22(23,24)25/h2-6,9-10,13,16-17H,7-8,11H2,1H3,(H,27,29). The van der Waals surface area contributed by atoms with Crippen LogP contribution in [0.5, 0.6) is 0 Å². The Balaban J connectivity index is 1.37. The maximum atomic E-state index is 13.5. The van der Waals surface area contributed by atoms with E-state index >= 15 is 0 Å². The smallest absolute Gasteiger partial charge is 0.417 e. The lowest BCUT2D eigenvalue weighted by Crippen LogP contribution is -2.48. The number of nitrogens with one attached hydrogen (secondary N) is 1. The van der Waals surface area contributed by atoms with E-state index < -0.39 is 11.7 Å². The van der Waals surface area contributed by atoms with E-state index in [9.17, 15) is 18.0 Å². The van der Waals surface area contributed by atoms with Crippen LogP contribution in [0.1, 0.15) is 34.3 Å². The zero-order valence-corrected chi connectivity index (χ0v) is 17.1. The molecule has 1 saturated heterocycles. The molecule has 10 heteroatoms. The monoisotopic (exact) mass is 443 g/mol. The van der Waals surface area contributed by atoms with Crippen molar-refractivity contribution in [3.8, 4) is 11.6 Å². The molecule has 3 unspecified atom stereocenters. The van der Waals surface area contributed by atoms with Crippen molar-refractivity contribution in [1.82, 2.24) is 19.9 Å². The number of pyridine rings is 2. The Bertz CT molecular complexity index is 1130. The average molecular weight is 443 g/mol. The molecular weight excluding hydrogens is 423 g/mol. The first-order chi connectivity index (χ1) is 15.3. The maximum absolute atomic E-state index is 13.5. The Labute approximate surface area is 181 Å². The number of halogens is 3. The highest BCUT2D eigenvalue weighted by Crippen LogP contribution is 2.40. The highest BCUT2D eigenvalue weighted by molar-refractivity contribution is 5.99. The molecule has 1 N–H and O–H groups in total. The molecule has 1 aliphatic heterocycles. The first kappa shape index (κ1) is 20.5. The number of fused-ring (bicyclic) bond motifs is 2. The Morgan fingerprint density at radius 1 is 1.19 bits per heavy atom. The van der Waals surface area contributed by atoms with Crippen molar-refractivity contribution in [2.45, 2.75) is 38.0 Å². The second kappa shape index (κ2) is 7.61. The molecule has 3 atom stereocenters. The second-order valence-electron chi connectivity index (χ2n) is 8.29. The molecule has 1 saturated carbocycles. The van der Waals surface area contributed by atoms with Crippen LogP contribution in [0.15, 0.2) is 47.5 Å². The number of rotatable bonds is 4. The lowest BCUT2D eigenvalue weighted by Gasteiger charge is -2.34. The van der Waals surface area contributed by atoms with E-state index in [0.29, 0.717) is 29.5 Å². The third-order valence-corrected chi connectivity index (χ3v) is 6.06. The fraction of sp³-hybridized carbons (Fsp3) is 0.364. The predicted octanol–water partition coefficient (Wildman–Crippen LogP) is 4.17. The van der Waals surface area contributed by atoms with Crippen LogP contribution in [-0.4, -0.2) is 44.4 Å². The van der Waals surface area contributed by atoms with Gasteiger partial charge in [0.2, 0.25) is 5.89 Å². The lowest BCUT2D eigenvalue weighted by atomic mass is 10.0. The highest BCUT2D eigenvalue weighted by Gasteiger charge is 2.47. The third kappa shape index (κ3) is 3.69. The number of aryl methyl sites for hydroxylation is 1. The van der Waals surface area contributed by atoms with E-state index in [0.717, 1.165) is 30.7 Å². The zero-order valence-electron chi connectivity index (χ0n) is 17.1. The molecule has 5 rings (SSSR count). The van der Waals surface area contributed by atoms with Crippen molar-refractivity contribution in [3.63, 3.8) is 0 Å². The number of carbonyl (C=O) groups is 1. The third-order valence-electron chi connectivity index (χ3n) is 6.06. The molecule has 4 heterocycles. The zero-order chi connectivity index (χ0) is 22.5. The number of piperidine rings is 1. The molecule has 32 heavy (non-hydrogen) atoms. The number of amides is 1. The van der Waals surface area contributed by atoms with Crippen LogP contribution in [-0.2, 0) is 6.18 Å². The minimum absolute atomic E-state index is 0.0884. The van der Waals surface area contributed by atoms with Crippen molar-refractivity contribution >= 4 is 11.7 Å². The summed E-state index contributed by atoms with van der Waals surface area (Å²) in [7, 11) is 0. The summed E-state index contributed by atoms with van der Waals surface area (Å²) in [6.07, 6.45) is 2.64. The summed E-state index contributed by atoms with van der Waals surface area (Å²) in [4.78, 5) is 27.7. The number of hydrogen-bond acceptors (Lipinski definition) is 6. The van der Waals surface area contributed by atoms with Crippen molar-refractivity contribution in [1.29, 1.82) is 0 Å². The maximum Gasteiger partial charge on any atom is 0.417 e. The Morgan fingerprint density at radius 3 is 2.69 bits per heavy atom. The van der Waals surface area contributed by atoms with Crippen LogP contribution in [0, 0.1) is 12.8 Å². The van der Waals surface area contributed by atoms with Crippen molar-refractivity contribution in [2.75, 3.05) is 11.9 Å². The Hall–Kier alpha value is -3.43. The molecule has 2 fully saturated rings. The van der Waals surface area contributed by atoms with E-state index in [1.807, 2.05) is 11.8 Å². The largest absolute Gasteiger partial charge is 0.443 e. The number of nitrogens with zero attached hydrogens (tertiary/aromatic N) is 4. The molecule has 0 spiro atoms. The van der Waals surface area contributed by atoms with Gasteiger partial charge in [-0.3, -0.25) is 9.78 Å². The fourth-order valence-corrected chi connectivity index (χ4v) is 4.65. The molecule has 0 aromatic carbocycles. The van der Waals surface area contributed by atoms with Gasteiger partial charge >= 0.3 is 6.18 Å².